The van der Waals surface area contributed by atoms with Gasteiger partial charge in [-0.25, -0.2) is 0 Å². The van der Waals surface area contributed by atoms with E-state index >= 15 is 0 Å². The van der Waals surface area contributed by atoms with E-state index in [1.165, 1.54) is 93.7 Å². The van der Waals surface area contributed by atoms with E-state index in [1.807, 2.05) is 0 Å². The molecule has 0 unspecified atom stereocenters. The normalized spacial score (nSPS) is 12.2. The van der Waals surface area contributed by atoms with Crippen molar-refractivity contribution in [2.75, 3.05) is 5.32 Å². The van der Waals surface area contributed by atoms with Gasteiger partial charge in [0.2, 0.25) is 0 Å². The summed E-state index contributed by atoms with van der Waals surface area (Å²) in [6.45, 7) is 9.04. The molecular weight excluding hydrogens is 651 g/mol. The van der Waals surface area contributed by atoms with Gasteiger partial charge in [0.25, 0.3) is 0 Å². The molecule has 2 nitrogen and oxygen atoms in total. The van der Waals surface area contributed by atoms with E-state index in [0.29, 0.717) is 0 Å². The number of anilines is 2. The van der Waals surface area contributed by atoms with Crippen molar-refractivity contribution in [2.45, 2.75) is 33.1 Å². The highest BCUT2D eigenvalue weighted by Gasteiger charge is 2.28. The van der Waals surface area contributed by atoms with Crippen LogP contribution < -0.4 is 16.2 Å². The van der Waals surface area contributed by atoms with Gasteiger partial charge in [0, 0.05) is 38.9 Å². The molecule has 0 fully saturated rings. The first-order chi connectivity index (χ1) is 26.3. The predicted octanol–water partition coefficient (Wildman–Crippen LogP) is 12.0. The first-order valence-electron chi connectivity index (χ1n) is 19.1. The zero-order valence-electron chi connectivity index (χ0n) is 31.2. The fraction of sp³-hybridized carbons (Fsp3) is 0.0980. The highest BCUT2D eigenvalue weighted by Crippen LogP contribution is 2.40. The molecule has 10 rings (SSSR count). The Balaban J connectivity index is 1.22. The molecule has 9 aromatic rings. The monoisotopic (exact) mass is 692 g/mol. The molecule has 1 aliphatic rings. The number of nitrogens with zero attached hydrogens (tertiary/aromatic N) is 1. The topological polar surface area (TPSA) is 17.0 Å². The molecule has 8 aromatic carbocycles. The number of hydrogen-bond donors (Lipinski definition) is 1. The molecule has 0 atom stereocenters. The second-order valence-electron chi connectivity index (χ2n) is 16.0. The summed E-state index contributed by atoms with van der Waals surface area (Å²) in [5.41, 5.74) is 18.9. The van der Waals surface area contributed by atoms with Crippen LogP contribution in [0.5, 0.6) is 0 Å². The molecule has 0 saturated carbocycles. The second-order valence-corrected chi connectivity index (χ2v) is 16.0. The van der Waals surface area contributed by atoms with Crippen molar-refractivity contribution in [3.05, 3.63) is 175 Å². The number of fused-ring (bicyclic) bond motifs is 6. The second kappa shape index (κ2) is 12.4. The van der Waals surface area contributed by atoms with Gasteiger partial charge in [0.05, 0.1) is 5.52 Å². The lowest BCUT2D eigenvalue weighted by Crippen LogP contribution is -2.37. The first kappa shape index (κ1) is 32.3. The van der Waals surface area contributed by atoms with Crippen LogP contribution in [0.15, 0.2) is 164 Å². The van der Waals surface area contributed by atoms with Gasteiger partial charge in [0.15, 0.2) is 7.28 Å². The molecule has 0 bridgehead atoms. The summed E-state index contributed by atoms with van der Waals surface area (Å²) >= 11 is 0. The maximum absolute atomic E-state index is 3.88. The fourth-order valence-electron chi connectivity index (χ4n) is 8.61. The number of hydrogen-bond acceptors (Lipinski definition) is 1. The van der Waals surface area contributed by atoms with Gasteiger partial charge in [-0.3, -0.25) is 0 Å². The maximum atomic E-state index is 3.88. The largest absolute Gasteiger partial charge is 0.355 e. The highest BCUT2D eigenvalue weighted by molar-refractivity contribution is 6.73. The van der Waals surface area contributed by atoms with Crippen molar-refractivity contribution < 1.29 is 0 Å². The molecule has 0 aliphatic carbocycles. The van der Waals surface area contributed by atoms with Gasteiger partial charge in [0.1, 0.15) is 0 Å². The third-order valence-corrected chi connectivity index (χ3v) is 11.3. The standard InChI is InChI=1S/C51H41BN2/c1-32-25-43(41-27-35-17-11-12-18-36(35)31-46(41)53-40-22-20-39(21-23-40)51(2,3)4)49-48(26-32)54-47-24-19-37(33-13-7-5-8-14-33)28-42(47)44-29-38(30-45(52-49)50(44)54)34-15-9-6-10-16-34/h5-31,52-53H,1-4H3. The van der Waals surface area contributed by atoms with E-state index in [2.05, 4.69) is 201 Å². The molecule has 258 valence electrons. The summed E-state index contributed by atoms with van der Waals surface area (Å²) in [4.78, 5) is 0. The summed E-state index contributed by atoms with van der Waals surface area (Å²) in [6, 6.07) is 60.7. The molecule has 0 radical (unpaired) electrons. The number of rotatable bonds is 5. The molecule has 1 aliphatic heterocycles. The molecule has 54 heavy (non-hydrogen) atoms. The van der Waals surface area contributed by atoms with Gasteiger partial charge < -0.3 is 9.88 Å². The Morgan fingerprint density at radius 1 is 0.537 bits per heavy atom. The predicted molar refractivity (Wildman–Crippen MR) is 234 cm³/mol. The molecule has 3 heteroatoms. The summed E-state index contributed by atoms with van der Waals surface area (Å²) in [5, 5.41) is 8.93. The van der Waals surface area contributed by atoms with Crippen LogP contribution in [0, 0.1) is 6.92 Å². The minimum Gasteiger partial charge on any atom is -0.355 e. The lowest BCUT2D eigenvalue weighted by atomic mass is 9.58. The molecule has 0 saturated heterocycles. The lowest BCUT2D eigenvalue weighted by Gasteiger charge is -2.26. The molecule has 1 aromatic heterocycles. The number of aryl methyl sites for hydroxylation is 1. The van der Waals surface area contributed by atoms with Crippen LogP contribution in [0.4, 0.5) is 11.4 Å². The van der Waals surface area contributed by atoms with E-state index < -0.39 is 0 Å². The minimum atomic E-state index is 0.0983. The van der Waals surface area contributed by atoms with Crippen LogP contribution in [0.2, 0.25) is 0 Å². The van der Waals surface area contributed by atoms with E-state index in [-0.39, 0.29) is 5.41 Å². The average Bonchev–Trinajstić information content (AvgIpc) is 3.53. The van der Waals surface area contributed by atoms with Crippen LogP contribution in [-0.2, 0) is 5.41 Å². The minimum absolute atomic E-state index is 0.0983. The van der Waals surface area contributed by atoms with E-state index in [4.69, 9.17) is 0 Å². The number of aromatic nitrogens is 1. The smallest absolute Gasteiger partial charge is 0.198 e. The lowest BCUT2D eigenvalue weighted by molar-refractivity contribution is 0.590. The third kappa shape index (κ3) is 5.42. The van der Waals surface area contributed by atoms with E-state index in [1.54, 1.807) is 0 Å². The SMILES string of the molecule is Cc1cc(-c2cc3ccccc3cc2Nc2ccc(C(C)(C)C)cc2)c2c(c1)-n1c3ccc(-c4ccccc4)cc3c3cc(-c4ccccc4)cc(c31)B2. The highest BCUT2D eigenvalue weighted by atomic mass is 15.0. The molecule has 1 N–H and O–H groups in total. The van der Waals surface area contributed by atoms with E-state index in [9.17, 15) is 0 Å². The van der Waals surface area contributed by atoms with E-state index in [0.717, 1.165) is 18.7 Å². The van der Waals surface area contributed by atoms with Crippen LogP contribution >= 0.6 is 0 Å². The summed E-state index contributed by atoms with van der Waals surface area (Å²) in [5.74, 6) is 0. The van der Waals surface area contributed by atoms with Crippen molar-refractivity contribution in [1.82, 2.24) is 4.57 Å². The van der Waals surface area contributed by atoms with Crippen LogP contribution in [0.3, 0.4) is 0 Å². The summed E-state index contributed by atoms with van der Waals surface area (Å²) in [6.07, 6.45) is 0. The van der Waals surface area contributed by atoms with Gasteiger partial charge in [-0.2, -0.15) is 0 Å². The van der Waals surface area contributed by atoms with Crippen molar-refractivity contribution in [3.63, 3.8) is 0 Å². The zero-order chi connectivity index (χ0) is 36.6. The zero-order valence-corrected chi connectivity index (χ0v) is 31.2. The molecular formula is C51H41BN2. The molecule has 0 amide bonds. The Morgan fingerprint density at radius 3 is 1.89 bits per heavy atom. The quantitative estimate of drug-likeness (QED) is 0.178. The Labute approximate surface area is 318 Å². The van der Waals surface area contributed by atoms with Crippen LogP contribution in [0.1, 0.15) is 31.9 Å². The van der Waals surface area contributed by atoms with Gasteiger partial charge in [-0.05, 0) is 116 Å². The Kier molecular flexibility index (Phi) is 7.42. The Hall–Kier alpha value is -6.32. The summed E-state index contributed by atoms with van der Waals surface area (Å²) in [7, 11) is 0.844. The van der Waals surface area contributed by atoms with Gasteiger partial charge in [-0.15, -0.1) is 0 Å². The average molecular weight is 693 g/mol. The van der Waals surface area contributed by atoms with Gasteiger partial charge in [-0.1, -0.05) is 141 Å². The molecule has 0 spiro atoms. The van der Waals surface area contributed by atoms with Crippen LogP contribution in [-0.4, -0.2) is 11.8 Å². The Bertz CT molecular complexity index is 2900. The number of benzene rings is 8. The van der Waals surface area contributed by atoms with Crippen molar-refractivity contribution in [1.29, 1.82) is 0 Å². The van der Waals surface area contributed by atoms with Crippen LogP contribution in [0.25, 0.3) is 71.6 Å². The first-order valence-corrected chi connectivity index (χ1v) is 19.1. The maximum Gasteiger partial charge on any atom is 0.198 e. The third-order valence-electron chi connectivity index (χ3n) is 11.3. The Morgan fingerprint density at radius 2 is 1.19 bits per heavy atom. The van der Waals surface area contributed by atoms with Crippen molar-refractivity contribution >= 4 is 62.2 Å². The fourth-order valence-corrected chi connectivity index (χ4v) is 8.61. The number of nitrogens with one attached hydrogen (secondary N) is 1. The summed E-state index contributed by atoms with van der Waals surface area (Å²) < 4.78 is 2.55. The van der Waals surface area contributed by atoms with Gasteiger partial charge >= 0.3 is 0 Å². The van der Waals surface area contributed by atoms with Crippen molar-refractivity contribution in [2.24, 2.45) is 0 Å². The molecule has 2 heterocycles. The van der Waals surface area contributed by atoms with Crippen molar-refractivity contribution in [3.8, 4) is 39.1 Å².